The van der Waals surface area contributed by atoms with Crippen LogP contribution in [0.1, 0.15) is 30.7 Å². The number of aromatic nitrogens is 2. The molecule has 1 aromatic heterocycles. The minimum absolute atomic E-state index is 0.0278. The second-order valence-corrected chi connectivity index (χ2v) is 8.03. The molecule has 3 unspecified atom stereocenters. The maximum Gasteiger partial charge on any atom is 0.287 e. The Kier molecular flexibility index (Phi) is 5.62. The molecule has 2 N–H and O–H groups in total. The van der Waals surface area contributed by atoms with Crippen LogP contribution >= 0.6 is 0 Å². The zero-order valence-electron chi connectivity index (χ0n) is 17.9. The lowest BCUT2D eigenvalue weighted by molar-refractivity contribution is -0.212. The lowest BCUT2D eigenvalue weighted by Crippen LogP contribution is -2.58. The van der Waals surface area contributed by atoms with Gasteiger partial charge in [0.2, 0.25) is 6.30 Å². The molecule has 32 heavy (non-hydrogen) atoms. The van der Waals surface area contributed by atoms with Crippen molar-refractivity contribution in [2.24, 2.45) is 0 Å². The summed E-state index contributed by atoms with van der Waals surface area (Å²) in [5, 5.41) is 13.7. The summed E-state index contributed by atoms with van der Waals surface area (Å²) in [5.74, 6) is -4.13. The number of alkyl halides is 3. The van der Waals surface area contributed by atoms with Crippen molar-refractivity contribution in [2.45, 2.75) is 44.0 Å². The Balaban J connectivity index is 1.66. The molecule has 4 rings (SSSR count). The van der Waals surface area contributed by atoms with E-state index in [0.717, 1.165) is 6.92 Å². The van der Waals surface area contributed by atoms with Crippen molar-refractivity contribution < 1.29 is 27.8 Å². The maximum atomic E-state index is 15.7. The van der Waals surface area contributed by atoms with E-state index in [2.05, 4.69) is 15.3 Å². The van der Waals surface area contributed by atoms with Crippen molar-refractivity contribution in [2.75, 3.05) is 19.0 Å². The molecule has 1 aliphatic heterocycles. The number of aliphatic hydroxyl groups is 1. The van der Waals surface area contributed by atoms with Crippen molar-refractivity contribution in [3.8, 4) is 11.5 Å². The van der Waals surface area contributed by atoms with E-state index >= 15 is 13.2 Å². The number of fused-ring (bicyclic) bond motifs is 2. The molecule has 3 aromatic rings. The molecule has 1 aliphatic rings. The van der Waals surface area contributed by atoms with Gasteiger partial charge >= 0.3 is 0 Å². The maximum absolute atomic E-state index is 15.7. The number of ether oxygens (including phenoxy) is 2. The number of methoxy groups -OCH3 is 1. The molecule has 0 saturated heterocycles. The van der Waals surface area contributed by atoms with E-state index in [4.69, 9.17) is 9.47 Å². The van der Waals surface area contributed by atoms with Gasteiger partial charge in [0, 0.05) is 22.8 Å². The van der Waals surface area contributed by atoms with Crippen molar-refractivity contribution in [3.63, 3.8) is 0 Å². The first-order chi connectivity index (χ1) is 15.1. The van der Waals surface area contributed by atoms with Crippen LogP contribution in [-0.2, 0) is 0 Å². The number of anilines is 1. The van der Waals surface area contributed by atoms with Crippen LogP contribution in [0.3, 0.4) is 0 Å². The van der Waals surface area contributed by atoms with E-state index in [9.17, 15) is 5.11 Å². The van der Waals surface area contributed by atoms with Gasteiger partial charge in [0.05, 0.1) is 25.2 Å². The first kappa shape index (κ1) is 22.1. The van der Waals surface area contributed by atoms with Gasteiger partial charge in [-0.3, -0.25) is 0 Å². The summed E-state index contributed by atoms with van der Waals surface area (Å²) >= 11 is 0. The second-order valence-electron chi connectivity index (χ2n) is 8.03. The van der Waals surface area contributed by atoms with Crippen LogP contribution in [0.15, 0.2) is 42.6 Å². The summed E-state index contributed by atoms with van der Waals surface area (Å²) in [7, 11) is 1.42. The van der Waals surface area contributed by atoms with Crippen LogP contribution in [0, 0.1) is 6.92 Å². The second kappa shape index (κ2) is 8.12. The first-order valence-electron chi connectivity index (χ1n) is 10.2. The number of nitrogens with zero attached hydrogens (tertiary/aromatic N) is 2. The number of aryl methyl sites for hydroxylation is 1. The molecule has 170 valence electrons. The van der Waals surface area contributed by atoms with Crippen LogP contribution in [0.5, 0.6) is 11.5 Å². The van der Waals surface area contributed by atoms with Crippen LogP contribution in [0.4, 0.5) is 18.9 Å². The standard InChI is InChI=1S/C23H24F3N3O3/c1-13-27-12-16-18(28-13)5-4-6-19(16)29-21(24)22(2,30)23(25,26)17-9-10-32-20-8-7-14(31-3)11-15(17)20/h4-8,11-12,17,21,29-30H,9-10H2,1-3H3. The van der Waals surface area contributed by atoms with Crippen LogP contribution in [-0.4, -0.2) is 46.6 Å². The topological polar surface area (TPSA) is 76.5 Å². The van der Waals surface area contributed by atoms with Gasteiger partial charge < -0.3 is 19.9 Å². The SMILES string of the molecule is COc1ccc2c(c1)C(C(F)(F)C(C)(O)C(F)Nc1cccc3nc(C)ncc13)CCO2. The molecule has 3 atom stereocenters. The third-order valence-corrected chi connectivity index (χ3v) is 5.89. The van der Waals surface area contributed by atoms with Crippen molar-refractivity contribution in [1.29, 1.82) is 0 Å². The van der Waals surface area contributed by atoms with E-state index in [1.807, 2.05) is 0 Å². The predicted molar refractivity (Wildman–Crippen MR) is 114 cm³/mol. The minimum Gasteiger partial charge on any atom is -0.497 e. The highest BCUT2D eigenvalue weighted by atomic mass is 19.3. The summed E-state index contributed by atoms with van der Waals surface area (Å²) in [6.07, 6.45) is -1.08. The average Bonchev–Trinajstić information content (AvgIpc) is 2.77. The Morgan fingerprint density at radius 2 is 2.06 bits per heavy atom. The van der Waals surface area contributed by atoms with Gasteiger partial charge in [-0.15, -0.1) is 0 Å². The molecular weight excluding hydrogens is 423 g/mol. The van der Waals surface area contributed by atoms with Crippen molar-refractivity contribution in [1.82, 2.24) is 9.97 Å². The molecule has 0 radical (unpaired) electrons. The number of halogens is 3. The molecule has 0 aliphatic carbocycles. The van der Waals surface area contributed by atoms with Crippen molar-refractivity contribution in [3.05, 3.63) is 54.0 Å². The van der Waals surface area contributed by atoms with Gasteiger partial charge in [-0.25, -0.2) is 23.1 Å². The van der Waals surface area contributed by atoms with E-state index in [0.29, 0.717) is 22.5 Å². The minimum atomic E-state index is -3.83. The van der Waals surface area contributed by atoms with Crippen LogP contribution in [0.25, 0.3) is 10.9 Å². The Morgan fingerprint density at radius 1 is 1.28 bits per heavy atom. The number of hydrogen-bond donors (Lipinski definition) is 2. The van der Waals surface area contributed by atoms with Gasteiger partial charge in [-0.1, -0.05) is 6.07 Å². The summed E-state index contributed by atoms with van der Waals surface area (Å²) in [6, 6.07) is 9.43. The highest BCUT2D eigenvalue weighted by Gasteiger charge is 2.60. The smallest absolute Gasteiger partial charge is 0.287 e. The van der Waals surface area contributed by atoms with Gasteiger partial charge in [0.1, 0.15) is 17.3 Å². The highest BCUT2D eigenvalue weighted by Crippen LogP contribution is 2.50. The molecule has 0 spiro atoms. The number of benzene rings is 2. The molecule has 0 amide bonds. The van der Waals surface area contributed by atoms with Crippen LogP contribution < -0.4 is 14.8 Å². The van der Waals surface area contributed by atoms with Gasteiger partial charge in [0.15, 0.2) is 5.60 Å². The fraction of sp³-hybridized carbons (Fsp3) is 0.391. The van der Waals surface area contributed by atoms with Gasteiger partial charge in [-0.2, -0.15) is 0 Å². The van der Waals surface area contributed by atoms with E-state index in [-0.39, 0.29) is 30.0 Å². The number of hydrogen-bond acceptors (Lipinski definition) is 6. The third-order valence-electron chi connectivity index (χ3n) is 5.89. The normalized spacial score (nSPS) is 18.9. The molecule has 9 heteroatoms. The van der Waals surface area contributed by atoms with Gasteiger partial charge in [-0.05, 0) is 50.6 Å². The summed E-state index contributed by atoms with van der Waals surface area (Å²) in [4.78, 5) is 8.35. The van der Waals surface area contributed by atoms with E-state index < -0.39 is 23.7 Å². The monoisotopic (exact) mass is 447 g/mol. The molecule has 2 aromatic carbocycles. The highest BCUT2D eigenvalue weighted by molar-refractivity contribution is 5.90. The van der Waals surface area contributed by atoms with Gasteiger partial charge in [0.25, 0.3) is 5.92 Å². The molecule has 2 heterocycles. The zero-order valence-corrected chi connectivity index (χ0v) is 17.9. The molecule has 0 saturated carbocycles. The first-order valence-corrected chi connectivity index (χ1v) is 10.2. The third kappa shape index (κ3) is 3.70. The average molecular weight is 447 g/mol. The molecule has 0 bridgehead atoms. The zero-order chi connectivity index (χ0) is 23.1. The summed E-state index contributed by atoms with van der Waals surface area (Å²) in [5.41, 5.74) is -2.13. The Morgan fingerprint density at radius 3 is 2.81 bits per heavy atom. The largest absolute Gasteiger partial charge is 0.497 e. The number of nitrogens with one attached hydrogen (secondary N) is 1. The molecular formula is C23H24F3N3O3. The number of rotatable bonds is 6. The lowest BCUT2D eigenvalue weighted by Gasteiger charge is -2.42. The fourth-order valence-corrected chi connectivity index (χ4v) is 3.95. The van der Waals surface area contributed by atoms with Crippen LogP contribution in [0.2, 0.25) is 0 Å². The fourth-order valence-electron chi connectivity index (χ4n) is 3.95. The lowest BCUT2D eigenvalue weighted by atomic mass is 9.79. The summed E-state index contributed by atoms with van der Waals surface area (Å²) in [6.45, 7) is 2.54. The molecule has 0 fully saturated rings. The quantitative estimate of drug-likeness (QED) is 0.538. The van der Waals surface area contributed by atoms with E-state index in [1.54, 1.807) is 25.1 Å². The Labute approximate surface area is 183 Å². The Hall–Kier alpha value is -3.07. The van der Waals surface area contributed by atoms with Crippen molar-refractivity contribution >= 4 is 16.6 Å². The Bertz CT molecular complexity index is 1140. The van der Waals surface area contributed by atoms with E-state index in [1.165, 1.54) is 31.5 Å². The summed E-state index contributed by atoms with van der Waals surface area (Å²) < 4.78 is 57.3. The predicted octanol–water partition coefficient (Wildman–Crippen LogP) is 4.61. The molecule has 6 nitrogen and oxygen atoms in total.